The molecule has 4 nitrogen and oxygen atoms in total. The van der Waals surface area contributed by atoms with Gasteiger partial charge in [-0.05, 0) is 25.0 Å². The fourth-order valence-electron chi connectivity index (χ4n) is 3.14. The van der Waals surface area contributed by atoms with Gasteiger partial charge in [-0.25, -0.2) is 4.98 Å². The number of aryl methyl sites for hydroxylation is 1. The molecule has 1 aromatic heterocycles. The molecule has 2 atom stereocenters. The molecule has 0 spiro atoms. The van der Waals surface area contributed by atoms with E-state index in [0.29, 0.717) is 5.92 Å². The minimum absolute atomic E-state index is 0.242. The van der Waals surface area contributed by atoms with Gasteiger partial charge in [-0.3, -0.25) is 0 Å². The van der Waals surface area contributed by atoms with Crippen molar-refractivity contribution in [1.82, 2.24) is 9.55 Å². The van der Waals surface area contributed by atoms with E-state index in [-0.39, 0.29) is 6.04 Å². The summed E-state index contributed by atoms with van der Waals surface area (Å²) in [4.78, 5) is 4.80. The van der Waals surface area contributed by atoms with Gasteiger partial charge in [-0.2, -0.15) is 0 Å². The van der Waals surface area contributed by atoms with Crippen molar-refractivity contribution in [3.8, 4) is 5.75 Å². The van der Waals surface area contributed by atoms with Gasteiger partial charge >= 0.3 is 0 Å². The van der Waals surface area contributed by atoms with Crippen LogP contribution in [0.25, 0.3) is 11.0 Å². The Kier molecular flexibility index (Phi) is 3.19. The number of rotatable bonds is 2. The van der Waals surface area contributed by atoms with Crippen molar-refractivity contribution in [2.24, 2.45) is 12.8 Å². The number of nitrogens with two attached hydrogens (primary N) is 1. The van der Waals surface area contributed by atoms with E-state index in [9.17, 15) is 0 Å². The Morgan fingerprint density at radius 2 is 2.11 bits per heavy atom. The second-order valence-corrected chi connectivity index (χ2v) is 5.44. The van der Waals surface area contributed by atoms with Crippen LogP contribution in [0.1, 0.15) is 37.4 Å². The summed E-state index contributed by atoms with van der Waals surface area (Å²) in [6.45, 7) is 0. The Balaban J connectivity index is 2.06. The van der Waals surface area contributed by atoms with Crippen molar-refractivity contribution < 1.29 is 4.74 Å². The molecule has 102 valence electrons. The summed E-state index contributed by atoms with van der Waals surface area (Å²) in [6, 6.07) is 6.28. The van der Waals surface area contributed by atoms with Crippen molar-refractivity contribution in [2.75, 3.05) is 7.11 Å². The average Bonchev–Trinajstić information content (AvgIpc) is 2.76. The van der Waals surface area contributed by atoms with Crippen LogP contribution in [0.4, 0.5) is 0 Å². The third-order valence-corrected chi connectivity index (χ3v) is 4.27. The average molecular weight is 259 g/mol. The van der Waals surface area contributed by atoms with Gasteiger partial charge in [0.05, 0.1) is 18.1 Å². The van der Waals surface area contributed by atoms with Crippen molar-refractivity contribution in [3.05, 3.63) is 24.0 Å². The molecule has 1 heterocycles. The maximum Gasteiger partial charge on any atom is 0.121 e. The summed E-state index contributed by atoms with van der Waals surface area (Å²) in [5.41, 5.74) is 8.42. The third kappa shape index (κ3) is 2.10. The normalized spacial score (nSPS) is 23.7. The number of methoxy groups -OCH3 is 1. The lowest BCUT2D eigenvalue weighted by Crippen LogP contribution is -2.32. The zero-order valence-electron chi connectivity index (χ0n) is 11.6. The van der Waals surface area contributed by atoms with E-state index < -0.39 is 0 Å². The molecule has 0 aliphatic heterocycles. The SMILES string of the molecule is COc1ccc2c(c1)nc(C1CCCCC1N)n2C. The third-order valence-electron chi connectivity index (χ3n) is 4.27. The number of fused-ring (bicyclic) bond motifs is 1. The Bertz CT molecular complexity index is 590. The van der Waals surface area contributed by atoms with Gasteiger partial charge in [0.2, 0.25) is 0 Å². The second-order valence-electron chi connectivity index (χ2n) is 5.44. The van der Waals surface area contributed by atoms with Crippen LogP contribution in [0.3, 0.4) is 0 Å². The maximum absolute atomic E-state index is 6.28. The highest BCUT2D eigenvalue weighted by atomic mass is 16.5. The Morgan fingerprint density at radius 3 is 2.84 bits per heavy atom. The Morgan fingerprint density at radius 1 is 1.32 bits per heavy atom. The number of benzene rings is 1. The topological polar surface area (TPSA) is 53.1 Å². The lowest BCUT2D eigenvalue weighted by molar-refractivity contribution is 0.368. The van der Waals surface area contributed by atoms with E-state index in [1.165, 1.54) is 12.8 Å². The van der Waals surface area contributed by atoms with Crippen LogP contribution in [-0.4, -0.2) is 22.7 Å². The molecule has 0 radical (unpaired) electrons. The number of hydrogen-bond acceptors (Lipinski definition) is 3. The van der Waals surface area contributed by atoms with Gasteiger partial charge < -0.3 is 15.0 Å². The predicted octanol–water partition coefficient (Wildman–Crippen LogP) is 2.57. The molecule has 1 aliphatic rings. The Labute approximate surface area is 113 Å². The maximum atomic E-state index is 6.28. The molecule has 3 rings (SSSR count). The fourth-order valence-corrected chi connectivity index (χ4v) is 3.14. The highest BCUT2D eigenvalue weighted by molar-refractivity contribution is 5.77. The van der Waals surface area contributed by atoms with E-state index in [2.05, 4.69) is 17.7 Å². The zero-order chi connectivity index (χ0) is 13.4. The molecule has 1 saturated carbocycles. The smallest absolute Gasteiger partial charge is 0.121 e. The molecule has 1 aromatic carbocycles. The quantitative estimate of drug-likeness (QED) is 0.901. The fraction of sp³-hybridized carbons (Fsp3) is 0.533. The van der Waals surface area contributed by atoms with Gasteiger partial charge in [0.15, 0.2) is 0 Å². The van der Waals surface area contributed by atoms with Crippen LogP contribution >= 0.6 is 0 Å². The van der Waals surface area contributed by atoms with E-state index >= 15 is 0 Å². The van der Waals surface area contributed by atoms with Crippen LogP contribution in [-0.2, 0) is 7.05 Å². The summed E-state index contributed by atoms with van der Waals surface area (Å²) in [7, 11) is 3.76. The summed E-state index contributed by atoms with van der Waals surface area (Å²) >= 11 is 0. The zero-order valence-corrected chi connectivity index (χ0v) is 11.6. The molecule has 1 fully saturated rings. The van der Waals surface area contributed by atoms with Crippen molar-refractivity contribution in [2.45, 2.75) is 37.6 Å². The number of ether oxygens (including phenoxy) is 1. The molecular formula is C15H21N3O. The molecule has 2 N–H and O–H groups in total. The molecule has 2 unspecified atom stereocenters. The first-order valence-electron chi connectivity index (χ1n) is 6.96. The number of hydrogen-bond donors (Lipinski definition) is 1. The molecule has 0 bridgehead atoms. The standard InChI is InChI=1S/C15H21N3O/c1-18-14-8-7-10(19-2)9-13(14)17-15(18)11-5-3-4-6-12(11)16/h7-9,11-12H,3-6,16H2,1-2H3. The summed E-state index contributed by atoms with van der Waals surface area (Å²) in [5, 5.41) is 0. The predicted molar refractivity (Wildman–Crippen MR) is 76.5 cm³/mol. The van der Waals surface area contributed by atoms with E-state index in [1.54, 1.807) is 7.11 Å². The lowest BCUT2D eigenvalue weighted by Gasteiger charge is -2.27. The summed E-state index contributed by atoms with van der Waals surface area (Å²) in [5.74, 6) is 2.36. The van der Waals surface area contributed by atoms with E-state index in [4.69, 9.17) is 15.5 Å². The van der Waals surface area contributed by atoms with Crippen LogP contribution < -0.4 is 10.5 Å². The highest BCUT2D eigenvalue weighted by Crippen LogP contribution is 2.33. The molecule has 2 aromatic rings. The first-order valence-corrected chi connectivity index (χ1v) is 6.96. The van der Waals surface area contributed by atoms with Crippen molar-refractivity contribution in [1.29, 1.82) is 0 Å². The van der Waals surface area contributed by atoms with Gasteiger partial charge in [0.25, 0.3) is 0 Å². The minimum Gasteiger partial charge on any atom is -0.497 e. The number of aromatic nitrogens is 2. The molecule has 1 aliphatic carbocycles. The highest BCUT2D eigenvalue weighted by Gasteiger charge is 2.27. The monoisotopic (exact) mass is 259 g/mol. The number of imidazole rings is 1. The lowest BCUT2D eigenvalue weighted by atomic mass is 9.84. The van der Waals surface area contributed by atoms with Crippen molar-refractivity contribution in [3.63, 3.8) is 0 Å². The van der Waals surface area contributed by atoms with Crippen molar-refractivity contribution >= 4 is 11.0 Å². The summed E-state index contributed by atoms with van der Waals surface area (Å²) in [6.07, 6.45) is 4.76. The first-order chi connectivity index (χ1) is 9.20. The molecule has 0 saturated heterocycles. The van der Waals surface area contributed by atoms with Gasteiger partial charge in [0.1, 0.15) is 11.6 Å². The van der Waals surface area contributed by atoms with Crippen LogP contribution in [0.5, 0.6) is 5.75 Å². The largest absolute Gasteiger partial charge is 0.497 e. The van der Waals surface area contributed by atoms with Crippen LogP contribution in [0.15, 0.2) is 18.2 Å². The minimum atomic E-state index is 0.242. The van der Waals surface area contributed by atoms with E-state index in [1.807, 2.05) is 12.1 Å². The van der Waals surface area contributed by atoms with Crippen LogP contribution in [0.2, 0.25) is 0 Å². The van der Waals surface area contributed by atoms with Crippen LogP contribution in [0, 0.1) is 0 Å². The van der Waals surface area contributed by atoms with Gasteiger partial charge in [0, 0.05) is 25.1 Å². The first kappa shape index (κ1) is 12.5. The molecule has 19 heavy (non-hydrogen) atoms. The summed E-state index contributed by atoms with van der Waals surface area (Å²) < 4.78 is 7.45. The molecule has 4 heteroatoms. The van der Waals surface area contributed by atoms with Gasteiger partial charge in [-0.1, -0.05) is 12.8 Å². The van der Waals surface area contributed by atoms with E-state index in [0.717, 1.165) is 35.4 Å². The molecule has 0 amide bonds. The molecular weight excluding hydrogens is 238 g/mol. The second kappa shape index (κ2) is 4.85. The Hall–Kier alpha value is -1.55. The van der Waals surface area contributed by atoms with Gasteiger partial charge in [-0.15, -0.1) is 0 Å². The number of nitrogens with zero attached hydrogens (tertiary/aromatic N) is 2.